The number of fused-ring (bicyclic) bond motifs is 1. The number of urea groups is 1. The van der Waals surface area contributed by atoms with Crippen LogP contribution in [0, 0.1) is 40.9 Å². The number of nitrogens with one attached hydrogen (secondary N) is 3. The Morgan fingerprint density at radius 1 is 1.07 bits per heavy atom. The summed E-state index contributed by atoms with van der Waals surface area (Å²) in [6, 6.07) is 9.16. The summed E-state index contributed by atoms with van der Waals surface area (Å²) in [5, 5.41) is 9.56. The Hall–Kier alpha value is -2.06. The maximum absolute atomic E-state index is 12.5. The van der Waals surface area contributed by atoms with Crippen molar-refractivity contribution >= 4 is 43.1 Å². The van der Waals surface area contributed by atoms with Crippen LogP contribution in [0.4, 0.5) is 4.79 Å². The van der Waals surface area contributed by atoms with Gasteiger partial charge in [-0.1, -0.05) is 36.2 Å². The summed E-state index contributed by atoms with van der Waals surface area (Å²) in [4.78, 5) is 24.1. The molecular weight excluding hydrogens is 678 g/mol. The van der Waals surface area contributed by atoms with Crippen molar-refractivity contribution in [1.82, 2.24) is 20.5 Å². The molecule has 42 heavy (non-hydrogen) atoms. The van der Waals surface area contributed by atoms with Crippen molar-refractivity contribution in [2.45, 2.75) is 84.2 Å². The summed E-state index contributed by atoms with van der Waals surface area (Å²) in [5.41, 5.74) is 9.42. The van der Waals surface area contributed by atoms with Gasteiger partial charge in [0.05, 0.1) is 23.5 Å². The predicted octanol–water partition coefficient (Wildman–Crippen LogP) is 5.81. The molecule has 2 saturated heterocycles. The zero-order chi connectivity index (χ0) is 30.4. The van der Waals surface area contributed by atoms with E-state index in [0.717, 1.165) is 47.4 Å². The molecule has 1 aromatic heterocycles. The second-order valence-corrected chi connectivity index (χ2v) is 15.1. The average molecular weight is 718 g/mol. The molecule has 0 radical (unpaired) electrons. The van der Waals surface area contributed by atoms with Gasteiger partial charge in [0.25, 0.3) is 6.33 Å². The average Bonchev–Trinajstić information content (AvgIpc) is 3.62. The van der Waals surface area contributed by atoms with Crippen molar-refractivity contribution in [1.29, 1.82) is 0 Å². The van der Waals surface area contributed by atoms with Crippen molar-refractivity contribution in [3.05, 3.63) is 76.4 Å². The van der Waals surface area contributed by atoms with E-state index in [-0.39, 0.29) is 39.2 Å². The fraction of sp³-hybridized carbons (Fsp3) is 0.452. The van der Waals surface area contributed by atoms with Gasteiger partial charge in [0, 0.05) is 36.4 Å². The number of carbonyl (C=O) groups excluding carboxylic acids is 2. The molecule has 3 heterocycles. The summed E-state index contributed by atoms with van der Waals surface area (Å²) in [6.07, 6.45) is 11.0. The number of halogens is 2. The molecule has 2 aliphatic heterocycles. The molecule has 3 N–H and O–H groups in total. The third-order valence-corrected chi connectivity index (χ3v) is 9.33. The van der Waals surface area contributed by atoms with Crippen LogP contribution in [-0.2, 0) is 26.5 Å². The topological polar surface area (TPSA) is 79.0 Å². The van der Waals surface area contributed by atoms with Gasteiger partial charge < -0.3 is 16.0 Å². The maximum atomic E-state index is 12.5. The van der Waals surface area contributed by atoms with Crippen LogP contribution in [0.2, 0.25) is 0 Å². The Bertz CT molecular complexity index is 1390. The molecule has 2 fully saturated rings. The second kappa shape index (κ2) is 15.1. The third-order valence-electron chi connectivity index (χ3n) is 7.82. The first-order valence-corrected chi connectivity index (χ1v) is 19.6. The van der Waals surface area contributed by atoms with Gasteiger partial charge >= 0.3 is 40.6 Å². The van der Waals surface area contributed by atoms with Crippen LogP contribution in [0.5, 0.6) is 0 Å². The number of imidazole rings is 1. The third kappa shape index (κ3) is 8.10. The standard InChI is InChI=1S/C31H39N5O2S.2ClH.Ru/c1-19-12-20(2)29(21(3)13-19)35-10-11-36(18-35)30-22(4)14-24(15-23(30)5)16-32-27(37)9-7-6-8-26-28-25(17-39-26)33-31(38)34-28;;;/h10-15,25-26,28H,6-9,16-17H2,1-5H3,(H,32,37)(H2,33,34,38);2*1H;/q;;;+2/p-2/t25-,26-,28-;;;/m0.../s1. The number of aromatic nitrogens is 2. The van der Waals surface area contributed by atoms with Crippen LogP contribution in [-0.4, -0.2) is 39.6 Å². The number of amides is 3. The quantitative estimate of drug-likeness (QED) is 0.0860. The Morgan fingerprint density at radius 2 is 1.74 bits per heavy atom. The monoisotopic (exact) mass is 717 g/mol. The van der Waals surface area contributed by atoms with E-state index in [1.54, 1.807) is 0 Å². The molecule has 3 aromatic rings. The first-order valence-electron chi connectivity index (χ1n) is 14.1. The van der Waals surface area contributed by atoms with E-state index in [2.05, 4.69) is 103 Å². The molecule has 7 nitrogen and oxygen atoms in total. The van der Waals surface area contributed by atoms with Gasteiger partial charge in [-0.25, -0.2) is 4.79 Å². The molecule has 3 amide bonds. The Kier molecular flexibility index (Phi) is 11.8. The normalized spacial score (nSPS) is 19.1. The van der Waals surface area contributed by atoms with E-state index in [4.69, 9.17) is 19.4 Å². The van der Waals surface area contributed by atoms with Gasteiger partial charge in [-0.3, -0.25) is 13.9 Å². The number of nitrogens with zero attached hydrogens (tertiary/aromatic N) is 2. The number of thioether (sulfide) groups is 1. The fourth-order valence-corrected chi connectivity index (χ4v) is 7.75. The van der Waals surface area contributed by atoms with E-state index in [1.807, 2.05) is 11.8 Å². The second-order valence-electron chi connectivity index (χ2n) is 11.2. The fourth-order valence-electron chi connectivity index (χ4n) is 6.21. The Balaban J connectivity index is 0.00000129. The van der Waals surface area contributed by atoms with Gasteiger partial charge in [-0.15, -0.1) is 0 Å². The van der Waals surface area contributed by atoms with Crippen LogP contribution < -0.4 is 20.5 Å². The summed E-state index contributed by atoms with van der Waals surface area (Å²) in [7, 11) is 9.71. The van der Waals surface area contributed by atoms with Gasteiger partial charge in [-0.05, 0) is 75.3 Å². The van der Waals surface area contributed by atoms with E-state index in [0.29, 0.717) is 18.2 Å². The SMILES string of the molecule is Cc1cc(C)c(-n2[c-][n+](-c3c(C)cc(CNC(=O)CCCC[C@@H]4SC[C@@H]5NC(=O)N[C@@H]54)cc3C)cc2)c(C)c1.[Cl][Ru][Cl]. The molecule has 0 spiro atoms. The minimum atomic E-state index is -0.346. The van der Waals surface area contributed by atoms with Crippen LogP contribution in [0.25, 0.3) is 11.4 Å². The van der Waals surface area contributed by atoms with E-state index in [1.165, 1.54) is 22.4 Å². The molecule has 3 atom stereocenters. The molecule has 11 heteroatoms. The first kappa shape index (κ1) is 32.8. The van der Waals surface area contributed by atoms with Gasteiger partial charge in [0.2, 0.25) is 5.91 Å². The first-order chi connectivity index (χ1) is 20.1. The van der Waals surface area contributed by atoms with Crippen LogP contribution in [0.3, 0.4) is 0 Å². The van der Waals surface area contributed by atoms with E-state index < -0.39 is 0 Å². The summed E-state index contributed by atoms with van der Waals surface area (Å²) >= 11 is 1.58. The molecule has 228 valence electrons. The van der Waals surface area contributed by atoms with Gasteiger partial charge in [0.15, 0.2) is 0 Å². The van der Waals surface area contributed by atoms with E-state index >= 15 is 0 Å². The summed E-state index contributed by atoms with van der Waals surface area (Å²) in [5.74, 6) is 1.06. The predicted molar refractivity (Wildman–Crippen MR) is 167 cm³/mol. The summed E-state index contributed by atoms with van der Waals surface area (Å²) < 4.78 is 4.13. The molecule has 2 aromatic carbocycles. The number of benzene rings is 2. The number of hydrogen-bond acceptors (Lipinski definition) is 3. The van der Waals surface area contributed by atoms with Crippen molar-refractivity contribution in [2.75, 3.05) is 5.75 Å². The minimum absolute atomic E-state index is 0.0456. The van der Waals surface area contributed by atoms with Crippen LogP contribution in [0.1, 0.15) is 59.1 Å². The zero-order valence-corrected chi connectivity index (χ0v) is 28.7. The van der Waals surface area contributed by atoms with E-state index in [9.17, 15) is 9.59 Å². The van der Waals surface area contributed by atoms with Crippen LogP contribution >= 0.6 is 31.1 Å². The molecule has 0 bridgehead atoms. The van der Waals surface area contributed by atoms with Gasteiger partial charge in [-0.2, -0.15) is 11.8 Å². The molecule has 2 aliphatic rings. The number of rotatable bonds is 9. The number of unbranched alkanes of at least 4 members (excludes halogenated alkanes) is 1. The van der Waals surface area contributed by atoms with Crippen molar-refractivity contribution in [3.8, 4) is 11.4 Å². The number of hydrogen-bond donors (Lipinski definition) is 3. The zero-order valence-electron chi connectivity index (χ0n) is 24.7. The molecule has 0 saturated carbocycles. The van der Waals surface area contributed by atoms with Crippen molar-refractivity contribution < 1.29 is 29.3 Å². The van der Waals surface area contributed by atoms with Crippen molar-refractivity contribution in [2.24, 2.45) is 0 Å². The molecule has 5 rings (SSSR count). The molecular formula is C31H39Cl2N5O2RuS. The van der Waals surface area contributed by atoms with Crippen molar-refractivity contribution in [3.63, 3.8) is 0 Å². The van der Waals surface area contributed by atoms with Crippen LogP contribution in [0.15, 0.2) is 36.7 Å². The molecule has 0 unspecified atom stereocenters. The number of carbonyl (C=O) groups is 2. The molecule has 0 aliphatic carbocycles. The number of aryl methyl sites for hydroxylation is 5. The Morgan fingerprint density at radius 3 is 2.40 bits per heavy atom. The van der Waals surface area contributed by atoms with Gasteiger partial charge in [0.1, 0.15) is 0 Å². The Labute approximate surface area is 269 Å². The summed E-state index contributed by atoms with van der Waals surface area (Å²) in [6.45, 7) is 11.2.